The molecule has 0 spiro atoms. The molecule has 28 heavy (non-hydrogen) atoms. The monoisotopic (exact) mass is 399 g/mol. The van der Waals surface area contributed by atoms with E-state index in [1.165, 1.54) is 0 Å². The second-order valence-corrected chi connectivity index (χ2v) is 7.18. The van der Waals surface area contributed by atoms with Crippen molar-refractivity contribution in [2.75, 3.05) is 29.9 Å². The molecule has 0 saturated carbocycles. The van der Waals surface area contributed by atoms with Crippen LogP contribution in [0.2, 0.25) is 5.02 Å². The predicted molar refractivity (Wildman–Crippen MR) is 110 cm³/mol. The number of carbonyl (C=O) groups excluding carboxylic acids is 3. The molecule has 0 atom stereocenters. The van der Waals surface area contributed by atoms with E-state index in [1.54, 1.807) is 30.3 Å². The average molecular weight is 400 g/mol. The number of rotatable bonds is 6. The van der Waals surface area contributed by atoms with Crippen molar-refractivity contribution in [2.24, 2.45) is 0 Å². The first-order valence-corrected chi connectivity index (χ1v) is 9.51. The van der Waals surface area contributed by atoms with Gasteiger partial charge in [-0.1, -0.05) is 41.4 Å². The molecule has 7 heteroatoms. The number of hydrogen-bond donors (Lipinski definition) is 2. The summed E-state index contributed by atoms with van der Waals surface area (Å²) >= 11 is 6.34. The smallest absolute Gasteiger partial charge is 0.239 e. The van der Waals surface area contributed by atoms with Gasteiger partial charge in [0.25, 0.3) is 0 Å². The highest BCUT2D eigenvalue weighted by Gasteiger charge is 2.19. The molecule has 3 rings (SSSR count). The third-order valence-electron chi connectivity index (χ3n) is 4.56. The minimum absolute atomic E-state index is 0.0436. The highest BCUT2D eigenvalue weighted by atomic mass is 35.5. The number of anilines is 2. The lowest BCUT2D eigenvalue weighted by atomic mass is 10.0. The number of carbonyl (C=O) groups is 3. The molecule has 6 nitrogen and oxygen atoms in total. The number of halogens is 1. The Balaban J connectivity index is 1.55. The number of Topliss-reactive ketones (excluding diaryl/α,β-unsaturated/α-hetero) is 1. The average Bonchev–Trinajstić information content (AvgIpc) is 2.67. The quantitative estimate of drug-likeness (QED) is 0.731. The molecule has 0 radical (unpaired) electrons. The fourth-order valence-corrected chi connectivity index (χ4v) is 3.32. The molecule has 1 aliphatic heterocycles. The van der Waals surface area contributed by atoms with Gasteiger partial charge in [0.2, 0.25) is 11.8 Å². The summed E-state index contributed by atoms with van der Waals surface area (Å²) in [7, 11) is 0. The molecule has 0 bridgehead atoms. The molecule has 1 fully saturated rings. The molecular formula is C21H22ClN3O3. The SMILES string of the molecule is Cc1ccc(C(=O)CCC(=O)Nc2ccc(N3CCNC(=O)C3)c(Cl)c2)cc1. The summed E-state index contributed by atoms with van der Waals surface area (Å²) in [5.74, 6) is -0.355. The Morgan fingerprint density at radius 2 is 1.89 bits per heavy atom. The third kappa shape index (κ3) is 5.10. The van der Waals surface area contributed by atoms with E-state index in [1.807, 2.05) is 24.0 Å². The van der Waals surface area contributed by atoms with E-state index in [4.69, 9.17) is 11.6 Å². The summed E-state index contributed by atoms with van der Waals surface area (Å²) in [4.78, 5) is 37.8. The molecule has 146 valence electrons. The molecule has 1 heterocycles. The number of hydrogen-bond acceptors (Lipinski definition) is 4. The maximum atomic E-state index is 12.2. The van der Waals surface area contributed by atoms with E-state index in [9.17, 15) is 14.4 Å². The molecule has 0 unspecified atom stereocenters. The number of amides is 2. The van der Waals surface area contributed by atoms with Crippen LogP contribution in [0, 0.1) is 6.92 Å². The minimum atomic E-state index is -0.248. The lowest BCUT2D eigenvalue weighted by Gasteiger charge is -2.29. The second-order valence-electron chi connectivity index (χ2n) is 6.78. The van der Waals surface area contributed by atoms with Crippen molar-refractivity contribution in [3.8, 4) is 0 Å². The molecule has 1 saturated heterocycles. The standard InChI is InChI=1S/C21H22ClN3O3/c1-14-2-4-15(5-3-14)19(26)8-9-20(27)24-16-6-7-18(17(22)12-16)25-11-10-23-21(28)13-25/h2-7,12H,8-11,13H2,1H3,(H,23,28)(H,24,27). The number of nitrogens with one attached hydrogen (secondary N) is 2. The molecular weight excluding hydrogens is 378 g/mol. The van der Waals surface area contributed by atoms with Crippen LogP contribution >= 0.6 is 11.6 Å². The van der Waals surface area contributed by atoms with Crippen LogP contribution in [0.4, 0.5) is 11.4 Å². The van der Waals surface area contributed by atoms with Gasteiger partial charge in [-0.25, -0.2) is 0 Å². The first-order valence-electron chi connectivity index (χ1n) is 9.13. The zero-order valence-electron chi connectivity index (χ0n) is 15.6. The summed E-state index contributed by atoms with van der Waals surface area (Å²) in [5.41, 5.74) is 3.00. The topological polar surface area (TPSA) is 78.5 Å². The van der Waals surface area contributed by atoms with Crippen molar-refractivity contribution >= 4 is 40.6 Å². The summed E-state index contributed by atoms with van der Waals surface area (Å²) < 4.78 is 0. The Labute approximate surface area is 168 Å². The van der Waals surface area contributed by atoms with E-state index >= 15 is 0 Å². The Hall–Kier alpha value is -2.86. The van der Waals surface area contributed by atoms with Gasteiger partial charge >= 0.3 is 0 Å². The van der Waals surface area contributed by atoms with Crippen LogP contribution in [0.15, 0.2) is 42.5 Å². The zero-order chi connectivity index (χ0) is 20.1. The lowest BCUT2D eigenvalue weighted by Crippen LogP contribution is -2.47. The lowest BCUT2D eigenvalue weighted by molar-refractivity contribution is -0.120. The molecule has 0 aromatic heterocycles. The number of ketones is 1. The molecule has 2 aromatic rings. The predicted octanol–water partition coefficient (Wildman–Crippen LogP) is 3.19. The van der Waals surface area contributed by atoms with E-state index in [-0.39, 0.29) is 37.0 Å². The Morgan fingerprint density at radius 1 is 1.14 bits per heavy atom. The van der Waals surface area contributed by atoms with Crippen molar-refractivity contribution in [3.63, 3.8) is 0 Å². The summed E-state index contributed by atoms with van der Waals surface area (Å²) in [5, 5.41) is 5.99. The molecule has 2 amide bonds. The highest BCUT2D eigenvalue weighted by molar-refractivity contribution is 6.33. The second kappa shape index (κ2) is 8.89. The van der Waals surface area contributed by atoms with Gasteiger partial charge < -0.3 is 15.5 Å². The fraction of sp³-hybridized carbons (Fsp3) is 0.286. The minimum Gasteiger partial charge on any atom is -0.359 e. The van der Waals surface area contributed by atoms with E-state index < -0.39 is 0 Å². The van der Waals surface area contributed by atoms with Gasteiger partial charge in [0.1, 0.15) is 0 Å². The number of aryl methyl sites for hydroxylation is 1. The van der Waals surface area contributed by atoms with E-state index in [0.29, 0.717) is 29.4 Å². The first-order chi connectivity index (χ1) is 13.4. The van der Waals surface area contributed by atoms with Crippen LogP contribution in [0.1, 0.15) is 28.8 Å². The highest BCUT2D eigenvalue weighted by Crippen LogP contribution is 2.29. The maximum absolute atomic E-state index is 12.2. The van der Waals surface area contributed by atoms with Crippen molar-refractivity contribution in [1.82, 2.24) is 5.32 Å². The summed E-state index contributed by atoms with van der Waals surface area (Å²) in [6.07, 6.45) is 0.238. The van der Waals surface area contributed by atoms with Crippen LogP contribution in [-0.2, 0) is 9.59 Å². The van der Waals surface area contributed by atoms with Crippen molar-refractivity contribution in [3.05, 3.63) is 58.6 Å². The van der Waals surface area contributed by atoms with E-state index in [0.717, 1.165) is 11.3 Å². The Kier molecular flexibility index (Phi) is 6.31. The van der Waals surface area contributed by atoms with Gasteiger partial charge in [-0.3, -0.25) is 14.4 Å². The van der Waals surface area contributed by atoms with Crippen LogP contribution in [0.25, 0.3) is 0 Å². The van der Waals surface area contributed by atoms with Gasteiger partial charge in [0.15, 0.2) is 5.78 Å². The Bertz CT molecular complexity index is 896. The van der Waals surface area contributed by atoms with Crippen LogP contribution in [-0.4, -0.2) is 37.2 Å². The molecule has 0 aliphatic carbocycles. The van der Waals surface area contributed by atoms with Crippen LogP contribution in [0.5, 0.6) is 0 Å². The van der Waals surface area contributed by atoms with Crippen molar-refractivity contribution in [1.29, 1.82) is 0 Å². The van der Waals surface area contributed by atoms with E-state index in [2.05, 4.69) is 10.6 Å². The molecule has 1 aliphatic rings. The van der Waals surface area contributed by atoms with Crippen LogP contribution < -0.4 is 15.5 Å². The van der Waals surface area contributed by atoms with Crippen LogP contribution in [0.3, 0.4) is 0 Å². The van der Waals surface area contributed by atoms with Gasteiger partial charge in [-0.15, -0.1) is 0 Å². The largest absolute Gasteiger partial charge is 0.359 e. The summed E-state index contributed by atoms with van der Waals surface area (Å²) in [6.45, 7) is 3.46. The van der Waals surface area contributed by atoms with Gasteiger partial charge in [0.05, 0.1) is 17.3 Å². The zero-order valence-corrected chi connectivity index (χ0v) is 16.4. The normalized spacial score (nSPS) is 13.8. The molecule has 2 N–H and O–H groups in total. The number of benzene rings is 2. The van der Waals surface area contributed by atoms with Gasteiger partial charge in [0, 0.05) is 37.2 Å². The molecule has 2 aromatic carbocycles. The van der Waals surface area contributed by atoms with Gasteiger partial charge in [-0.2, -0.15) is 0 Å². The van der Waals surface area contributed by atoms with Crippen molar-refractivity contribution < 1.29 is 14.4 Å². The third-order valence-corrected chi connectivity index (χ3v) is 4.87. The number of piperazine rings is 1. The van der Waals surface area contributed by atoms with Crippen molar-refractivity contribution in [2.45, 2.75) is 19.8 Å². The maximum Gasteiger partial charge on any atom is 0.239 e. The summed E-state index contributed by atoms with van der Waals surface area (Å²) in [6, 6.07) is 12.5. The van der Waals surface area contributed by atoms with Gasteiger partial charge in [-0.05, 0) is 25.1 Å². The number of nitrogens with zero attached hydrogens (tertiary/aromatic N) is 1. The Morgan fingerprint density at radius 3 is 2.57 bits per heavy atom. The fourth-order valence-electron chi connectivity index (χ4n) is 3.02. The first kappa shape index (κ1) is 19.9.